The normalized spacial score (nSPS) is 24.6. The van der Waals surface area contributed by atoms with Gasteiger partial charge in [0.2, 0.25) is 0 Å². The van der Waals surface area contributed by atoms with Gasteiger partial charge < -0.3 is 9.26 Å². The topological polar surface area (TPSA) is 65.0 Å². The molecular weight excluding hydrogens is 443 g/mol. The molecule has 1 saturated carbocycles. The van der Waals surface area contributed by atoms with Crippen molar-refractivity contribution in [2.24, 2.45) is 17.8 Å². The Hall–Kier alpha value is -1.72. The maximum absolute atomic E-state index is 13.2. The number of phosphoric acid groups is 1. The van der Waals surface area contributed by atoms with Crippen LogP contribution in [0.15, 0.2) is 52.3 Å². The number of methoxy groups -OCH3 is 1. The lowest BCUT2D eigenvalue weighted by atomic mass is 9.75. The SMILES string of the molecule is COc1cccc2c1Sc1ccccc1C=C2OP(=O)(O)O[C@H]1C[C@@H](C)CC[C@@H]1C(C)C. The van der Waals surface area contributed by atoms with Crippen molar-refractivity contribution in [1.29, 1.82) is 0 Å². The van der Waals surface area contributed by atoms with Crippen LogP contribution < -0.4 is 4.74 Å². The van der Waals surface area contributed by atoms with E-state index < -0.39 is 7.82 Å². The minimum Gasteiger partial charge on any atom is -0.496 e. The molecule has 0 radical (unpaired) electrons. The molecule has 0 aromatic heterocycles. The molecule has 0 bridgehead atoms. The fourth-order valence-electron chi connectivity index (χ4n) is 4.63. The zero-order valence-electron chi connectivity index (χ0n) is 19.0. The minimum atomic E-state index is -4.36. The van der Waals surface area contributed by atoms with E-state index in [9.17, 15) is 9.46 Å². The van der Waals surface area contributed by atoms with Gasteiger partial charge in [0.05, 0.1) is 18.1 Å². The van der Waals surface area contributed by atoms with Gasteiger partial charge in [0.1, 0.15) is 11.5 Å². The average Bonchev–Trinajstić information content (AvgIpc) is 2.89. The van der Waals surface area contributed by atoms with Crippen LogP contribution in [0.2, 0.25) is 0 Å². The molecule has 1 unspecified atom stereocenters. The molecule has 0 amide bonds. The van der Waals surface area contributed by atoms with E-state index >= 15 is 0 Å². The molecule has 5 nitrogen and oxygen atoms in total. The lowest BCUT2D eigenvalue weighted by Crippen LogP contribution is -2.33. The van der Waals surface area contributed by atoms with Crippen LogP contribution >= 0.6 is 19.6 Å². The minimum absolute atomic E-state index is 0.238. The van der Waals surface area contributed by atoms with Crippen LogP contribution in [-0.4, -0.2) is 18.1 Å². The van der Waals surface area contributed by atoms with Crippen molar-refractivity contribution in [2.45, 2.75) is 55.9 Å². The first-order valence-corrected chi connectivity index (χ1v) is 13.5. The maximum atomic E-state index is 13.2. The van der Waals surface area contributed by atoms with Gasteiger partial charge in [0.25, 0.3) is 0 Å². The molecule has 32 heavy (non-hydrogen) atoms. The summed E-state index contributed by atoms with van der Waals surface area (Å²) in [6, 6.07) is 13.5. The first kappa shape index (κ1) is 23.4. The molecule has 0 spiro atoms. The highest BCUT2D eigenvalue weighted by molar-refractivity contribution is 7.99. The first-order valence-electron chi connectivity index (χ1n) is 11.1. The Kier molecular flexibility index (Phi) is 7.06. The van der Waals surface area contributed by atoms with Gasteiger partial charge in [-0.1, -0.05) is 63.2 Å². The summed E-state index contributed by atoms with van der Waals surface area (Å²) in [5.74, 6) is 2.07. The smallest absolute Gasteiger partial charge is 0.496 e. The number of ether oxygens (including phenoxy) is 1. The highest BCUT2D eigenvalue weighted by Gasteiger charge is 2.38. The Balaban J connectivity index is 1.68. The van der Waals surface area contributed by atoms with E-state index in [1.54, 1.807) is 18.9 Å². The van der Waals surface area contributed by atoms with Crippen molar-refractivity contribution < 1.29 is 23.2 Å². The van der Waals surface area contributed by atoms with E-state index in [2.05, 4.69) is 20.8 Å². The van der Waals surface area contributed by atoms with Crippen molar-refractivity contribution in [3.05, 3.63) is 53.6 Å². The van der Waals surface area contributed by atoms with Crippen molar-refractivity contribution in [2.75, 3.05) is 7.11 Å². The van der Waals surface area contributed by atoms with Crippen LogP contribution in [0.4, 0.5) is 0 Å². The van der Waals surface area contributed by atoms with Gasteiger partial charge in [0.15, 0.2) is 0 Å². The number of hydrogen-bond donors (Lipinski definition) is 1. The number of fused-ring (bicyclic) bond motifs is 2. The van der Waals surface area contributed by atoms with E-state index in [0.717, 1.165) is 34.6 Å². The van der Waals surface area contributed by atoms with Gasteiger partial charge >= 0.3 is 7.82 Å². The van der Waals surface area contributed by atoms with Crippen LogP contribution in [0.5, 0.6) is 5.75 Å². The van der Waals surface area contributed by atoms with E-state index in [1.165, 1.54) is 0 Å². The number of benzene rings is 2. The molecule has 0 saturated heterocycles. The van der Waals surface area contributed by atoms with Crippen LogP contribution in [0, 0.1) is 17.8 Å². The fourth-order valence-corrected chi connectivity index (χ4v) is 6.80. The van der Waals surface area contributed by atoms with Crippen molar-refractivity contribution in [3.63, 3.8) is 0 Å². The first-order chi connectivity index (χ1) is 15.3. The van der Waals surface area contributed by atoms with Gasteiger partial charge in [-0.2, -0.15) is 0 Å². The summed E-state index contributed by atoms with van der Waals surface area (Å²) in [5.41, 5.74) is 1.62. The lowest BCUT2D eigenvalue weighted by Gasteiger charge is -2.37. The van der Waals surface area contributed by atoms with Gasteiger partial charge in [-0.3, -0.25) is 9.42 Å². The third-order valence-electron chi connectivity index (χ3n) is 6.33. The van der Waals surface area contributed by atoms with E-state index in [1.807, 2.05) is 48.5 Å². The third-order valence-corrected chi connectivity index (χ3v) is 8.51. The summed E-state index contributed by atoms with van der Waals surface area (Å²) in [6.45, 7) is 6.45. The van der Waals surface area contributed by atoms with Crippen molar-refractivity contribution in [3.8, 4) is 5.75 Å². The van der Waals surface area contributed by atoms with Gasteiger partial charge in [-0.05, 0) is 60.4 Å². The third kappa shape index (κ3) is 5.09. The molecule has 1 fully saturated rings. The Morgan fingerprint density at radius 2 is 1.91 bits per heavy atom. The summed E-state index contributed by atoms with van der Waals surface area (Å²) < 4.78 is 30.4. The molecule has 2 aliphatic rings. The zero-order chi connectivity index (χ0) is 22.9. The molecular formula is C25H31O5PS. The summed E-state index contributed by atoms with van der Waals surface area (Å²) in [5, 5.41) is 0. The van der Waals surface area contributed by atoms with Crippen LogP contribution in [0.25, 0.3) is 11.8 Å². The summed E-state index contributed by atoms with van der Waals surface area (Å²) in [6.07, 6.45) is 4.39. The molecule has 7 heteroatoms. The highest BCUT2D eigenvalue weighted by Crippen LogP contribution is 2.55. The molecule has 1 heterocycles. The molecule has 172 valence electrons. The lowest BCUT2D eigenvalue weighted by molar-refractivity contribution is 0.0230. The quantitative estimate of drug-likeness (QED) is 0.445. The van der Waals surface area contributed by atoms with Crippen LogP contribution in [0.1, 0.15) is 51.2 Å². The molecule has 1 aliphatic heterocycles. The largest absolute Gasteiger partial charge is 0.527 e. The second-order valence-electron chi connectivity index (χ2n) is 9.02. The molecule has 1 N–H and O–H groups in total. The Morgan fingerprint density at radius 1 is 1.12 bits per heavy atom. The Bertz CT molecular complexity index is 1050. The van der Waals surface area contributed by atoms with Gasteiger partial charge in [0, 0.05) is 10.5 Å². The number of phosphoric ester groups is 1. The van der Waals surface area contributed by atoms with E-state index in [-0.39, 0.29) is 12.0 Å². The number of rotatable bonds is 6. The average molecular weight is 475 g/mol. The molecule has 2 aromatic carbocycles. The summed E-state index contributed by atoms with van der Waals surface area (Å²) in [7, 11) is -2.74. The predicted octanol–water partition coefficient (Wildman–Crippen LogP) is 7.25. The van der Waals surface area contributed by atoms with Crippen LogP contribution in [-0.2, 0) is 13.6 Å². The zero-order valence-corrected chi connectivity index (χ0v) is 20.7. The maximum Gasteiger partial charge on any atom is 0.527 e. The fraction of sp³-hybridized carbons (Fsp3) is 0.440. The molecule has 4 atom stereocenters. The Labute approximate surface area is 194 Å². The summed E-state index contributed by atoms with van der Waals surface area (Å²) in [4.78, 5) is 12.7. The predicted molar refractivity (Wildman–Crippen MR) is 129 cm³/mol. The van der Waals surface area contributed by atoms with E-state index in [0.29, 0.717) is 28.9 Å². The molecule has 1 aliphatic carbocycles. The highest BCUT2D eigenvalue weighted by atomic mass is 32.2. The second kappa shape index (κ2) is 9.64. The second-order valence-corrected chi connectivity index (χ2v) is 11.4. The number of hydrogen-bond acceptors (Lipinski definition) is 5. The van der Waals surface area contributed by atoms with Gasteiger partial charge in [-0.15, -0.1) is 0 Å². The standard InChI is InChI=1S/C25H31O5PS/c1-16(2)19-13-12-17(3)14-22(19)29-31(26,27)30-23-15-18-8-5-6-11-24(18)32-25-20(23)9-7-10-21(25)28-4/h5-11,15-17,19,22H,12-14H2,1-4H3,(H,26,27)/t17-,19+,22-/m0/s1. The van der Waals surface area contributed by atoms with Crippen LogP contribution in [0.3, 0.4) is 0 Å². The van der Waals surface area contributed by atoms with Gasteiger partial charge in [-0.25, -0.2) is 4.57 Å². The summed E-state index contributed by atoms with van der Waals surface area (Å²) >= 11 is 1.56. The van der Waals surface area contributed by atoms with Crippen molar-refractivity contribution in [1.82, 2.24) is 0 Å². The van der Waals surface area contributed by atoms with E-state index in [4.69, 9.17) is 13.8 Å². The monoisotopic (exact) mass is 474 g/mol. The van der Waals surface area contributed by atoms with Crippen molar-refractivity contribution >= 4 is 31.4 Å². The molecule has 2 aromatic rings. The Morgan fingerprint density at radius 3 is 2.66 bits per heavy atom. The molecule has 4 rings (SSSR count).